The Hall–Kier alpha value is -3.53. The Morgan fingerprint density at radius 3 is 2.47 bits per heavy atom. The standard InChI is InChI=1S/C24H21ClIN7O4S/c25-18-7-12-22(33-26-30-31-32-33)17(15-18)6-13-23(34)29-21(14-16-4-2-1-3-5-16)24(35)28-19-8-10-20(11-9-19)38(27,36)37/h1-13,15,21H,14H2,(H,28,35)(H,29,34)(H2,27,36,37)/b13-6+/t21-/m0/s1. The van der Waals surface area contributed by atoms with Gasteiger partial charge in [-0.3, -0.25) is 9.59 Å². The fourth-order valence-corrected chi connectivity index (χ4v) is 5.33. The number of hydrogen-bond donors (Lipinski definition) is 3. The Labute approximate surface area is 234 Å². The van der Waals surface area contributed by atoms with Crippen LogP contribution in [0.2, 0.25) is 5.02 Å². The van der Waals surface area contributed by atoms with Crippen LogP contribution < -0.4 is 19.0 Å². The first-order chi connectivity index (χ1) is 18.2. The first kappa shape index (κ1) is 27.5. The van der Waals surface area contributed by atoms with Gasteiger partial charge in [-0.15, -0.1) is 0 Å². The van der Waals surface area contributed by atoms with E-state index in [0.29, 0.717) is 22.0 Å². The maximum absolute atomic E-state index is 13.1. The summed E-state index contributed by atoms with van der Waals surface area (Å²) in [5.74, 6) is -0.981. The van der Waals surface area contributed by atoms with E-state index in [9.17, 15) is 18.0 Å². The van der Waals surface area contributed by atoms with Crippen molar-refractivity contribution >= 4 is 72.2 Å². The van der Waals surface area contributed by atoms with Crippen molar-refractivity contribution in [3.05, 3.63) is 95.0 Å². The highest BCUT2D eigenvalue weighted by atomic mass is 127. The molecule has 4 rings (SSSR count). The molecule has 1 aliphatic heterocycles. The van der Waals surface area contributed by atoms with Crippen LogP contribution >= 0.6 is 32.9 Å². The van der Waals surface area contributed by atoms with Crippen LogP contribution in [0.3, 0.4) is 0 Å². The van der Waals surface area contributed by atoms with E-state index >= 15 is 0 Å². The molecule has 4 N–H and O–H groups in total. The Morgan fingerprint density at radius 2 is 1.82 bits per heavy atom. The highest BCUT2D eigenvalue weighted by Crippen LogP contribution is 2.33. The smallest absolute Gasteiger partial charge is 0.247 e. The van der Waals surface area contributed by atoms with Crippen LogP contribution in [0.5, 0.6) is 0 Å². The van der Waals surface area contributed by atoms with Gasteiger partial charge in [0.15, 0.2) is 21.3 Å². The van der Waals surface area contributed by atoms with Gasteiger partial charge in [-0.05, 0) is 64.6 Å². The number of hydrogen-bond acceptors (Lipinski definition) is 8. The minimum Gasteiger partial charge on any atom is -0.340 e. The van der Waals surface area contributed by atoms with Crippen LogP contribution in [0.25, 0.3) is 6.08 Å². The lowest BCUT2D eigenvalue weighted by atomic mass is 10.0. The van der Waals surface area contributed by atoms with E-state index in [4.69, 9.17) is 16.7 Å². The summed E-state index contributed by atoms with van der Waals surface area (Å²) in [6, 6.07) is 18.9. The zero-order chi connectivity index (χ0) is 27.1. The maximum atomic E-state index is 13.1. The molecule has 0 radical (unpaired) electrons. The average molecular weight is 666 g/mol. The van der Waals surface area contributed by atoms with Crippen LogP contribution in [0.4, 0.5) is 11.4 Å². The van der Waals surface area contributed by atoms with E-state index in [2.05, 4.69) is 24.3 Å². The quantitative estimate of drug-likeness (QED) is 0.174. The maximum Gasteiger partial charge on any atom is 0.247 e. The monoisotopic (exact) mass is 665 g/mol. The van der Waals surface area contributed by atoms with Crippen molar-refractivity contribution in [3.63, 3.8) is 0 Å². The first-order valence-corrected chi connectivity index (χ1v) is 14.9. The summed E-state index contributed by atoms with van der Waals surface area (Å²) in [5, 5.41) is 18.7. The lowest BCUT2D eigenvalue weighted by Crippen LogP contribution is -2.44. The van der Waals surface area contributed by atoms with Gasteiger partial charge in [0.05, 0.1) is 10.6 Å². The van der Waals surface area contributed by atoms with Crippen molar-refractivity contribution < 1.29 is 18.0 Å². The van der Waals surface area contributed by atoms with Crippen LogP contribution in [-0.2, 0) is 26.0 Å². The van der Waals surface area contributed by atoms with Crippen molar-refractivity contribution in [2.45, 2.75) is 17.4 Å². The summed E-state index contributed by atoms with van der Waals surface area (Å²) < 4.78 is 28.6. The van der Waals surface area contributed by atoms with E-state index < -0.39 is 49.2 Å². The highest BCUT2D eigenvalue weighted by molar-refractivity contribution is 14.2. The van der Waals surface area contributed by atoms with Crippen LogP contribution in [-0.4, -0.2) is 26.3 Å². The van der Waals surface area contributed by atoms with Crippen LogP contribution in [0.1, 0.15) is 11.1 Å². The van der Waals surface area contributed by atoms with E-state index in [1.807, 2.05) is 30.3 Å². The predicted octanol–water partition coefficient (Wildman–Crippen LogP) is 4.54. The molecular weight excluding hydrogens is 645 g/mol. The third-order valence-corrected chi connectivity index (χ3v) is 7.90. The summed E-state index contributed by atoms with van der Waals surface area (Å²) in [7, 11) is -3.86. The summed E-state index contributed by atoms with van der Waals surface area (Å²) in [5.41, 5.74) is 2.54. The number of primary sulfonamides is 1. The fourth-order valence-electron chi connectivity index (χ4n) is 3.43. The number of anilines is 2. The first-order valence-electron chi connectivity index (χ1n) is 11.0. The van der Waals surface area contributed by atoms with Gasteiger partial charge in [0.25, 0.3) is 0 Å². The lowest BCUT2D eigenvalue weighted by Gasteiger charge is -2.18. The Balaban J connectivity index is 1.51. The molecule has 38 heavy (non-hydrogen) atoms. The molecule has 2 amide bonds. The number of benzene rings is 3. The second-order valence-corrected chi connectivity index (χ2v) is 11.7. The third kappa shape index (κ3) is 7.50. The molecule has 3 aromatic carbocycles. The fraction of sp³-hybridized carbons (Fsp3) is 0.0833. The van der Waals surface area contributed by atoms with Gasteiger partial charge in [0, 0.05) is 28.8 Å². The van der Waals surface area contributed by atoms with Gasteiger partial charge < -0.3 is 10.6 Å². The number of amides is 2. The highest BCUT2D eigenvalue weighted by Gasteiger charge is 2.21. The summed E-state index contributed by atoms with van der Waals surface area (Å²) in [6.45, 7) is 0. The molecular formula is C24H21ClIN7O4S. The summed E-state index contributed by atoms with van der Waals surface area (Å²) in [6.07, 6.45) is 3.12. The number of carbonyl (C=O) groups excluding carboxylic acids is 2. The number of carbonyl (C=O) groups is 2. The van der Waals surface area contributed by atoms with Gasteiger partial charge >= 0.3 is 0 Å². The number of nitrogens with one attached hydrogen (secondary N) is 2. The van der Waals surface area contributed by atoms with E-state index in [1.54, 1.807) is 27.5 Å². The van der Waals surface area contributed by atoms with Gasteiger partial charge in [-0.1, -0.05) is 45.2 Å². The molecule has 1 atom stereocenters. The molecule has 0 bridgehead atoms. The van der Waals surface area contributed by atoms with E-state index in [1.165, 1.54) is 30.3 Å². The second kappa shape index (κ2) is 12.3. The summed E-state index contributed by atoms with van der Waals surface area (Å²) in [4.78, 5) is 25.9. The number of nitrogens with two attached hydrogens (primary N) is 1. The zero-order valence-electron chi connectivity index (χ0n) is 19.5. The zero-order valence-corrected chi connectivity index (χ0v) is 23.3. The van der Waals surface area contributed by atoms with E-state index in [0.717, 1.165) is 5.56 Å². The van der Waals surface area contributed by atoms with Gasteiger partial charge in [-0.2, -0.15) is 3.22 Å². The predicted molar refractivity (Wildman–Crippen MR) is 153 cm³/mol. The summed E-state index contributed by atoms with van der Waals surface area (Å²) >= 11 is 5.36. The van der Waals surface area contributed by atoms with Crippen molar-refractivity contribution in [3.8, 4) is 0 Å². The number of halogens is 2. The molecule has 1 aliphatic rings. The van der Waals surface area contributed by atoms with Crippen molar-refractivity contribution in [2.75, 3.05) is 8.54 Å². The molecule has 0 saturated carbocycles. The van der Waals surface area contributed by atoms with Gasteiger partial charge in [-0.25, -0.2) is 13.6 Å². The molecule has 0 aliphatic carbocycles. The Morgan fingerprint density at radius 1 is 1.08 bits per heavy atom. The number of nitrogens with zero attached hydrogens (tertiary/aromatic N) is 4. The number of sulfonamides is 1. The van der Waals surface area contributed by atoms with Crippen molar-refractivity contribution in [1.82, 2.24) is 5.32 Å². The minimum atomic E-state index is -3.86. The molecule has 0 aromatic heterocycles. The molecule has 0 fully saturated rings. The molecule has 1 heterocycles. The molecule has 3 aromatic rings. The molecule has 196 valence electrons. The Bertz CT molecular complexity index is 1520. The molecule has 0 saturated heterocycles. The number of rotatable bonds is 9. The minimum absolute atomic E-state index is 0.0821. The molecule has 0 unspecified atom stereocenters. The van der Waals surface area contributed by atoms with Gasteiger partial charge in [0.1, 0.15) is 6.04 Å². The van der Waals surface area contributed by atoms with Gasteiger partial charge in [0.2, 0.25) is 21.8 Å². The molecule has 14 heteroatoms. The second-order valence-electron chi connectivity index (χ2n) is 7.94. The largest absolute Gasteiger partial charge is 0.340 e. The SMILES string of the molecule is NS(=O)(=O)c1ccc(NC(=O)[C@H](Cc2ccccc2)NC(=O)/C=C/c2cc(Cl)ccc2N2N=NN=I2)cc1. The topological polar surface area (TPSA) is 159 Å². The van der Waals surface area contributed by atoms with Crippen molar-refractivity contribution in [1.29, 1.82) is 0 Å². The van der Waals surface area contributed by atoms with Crippen LogP contribution in [0.15, 0.2) is 97.5 Å². The molecule has 11 nitrogen and oxygen atoms in total. The average Bonchev–Trinajstić information content (AvgIpc) is 3.42. The normalized spacial score (nSPS) is 13.8. The lowest BCUT2D eigenvalue weighted by molar-refractivity contribution is -0.123. The third-order valence-electron chi connectivity index (χ3n) is 5.23. The Kier molecular flexibility index (Phi) is 8.93. The van der Waals surface area contributed by atoms with E-state index in [-0.39, 0.29) is 11.3 Å². The van der Waals surface area contributed by atoms with Crippen LogP contribution in [0, 0.1) is 0 Å². The molecule has 0 spiro atoms. The van der Waals surface area contributed by atoms with Crippen molar-refractivity contribution in [2.24, 2.45) is 18.8 Å².